The molecule has 0 aliphatic rings. The zero-order chi connectivity index (χ0) is 16.2. The lowest BCUT2D eigenvalue weighted by Gasteiger charge is -2.15. The molecule has 0 amide bonds. The molecular formula is C15H12BrF2NO3. The van der Waals surface area contributed by atoms with Gasteiger partial charge in [0.05, 0.1) is 11.1 Å². The Hall–Kier alpha value is -2.02. The number of hydrogen-bond donors (Lipinski definition) is 0. The molecule has 0 aliphatic heterocycles. The summed E-state index contributed by atoms with van der Waals surface area (Å²) in [5, 5.41) is 0. The topological polar surface area (TPSA) is 48.4 Å². The van der Waals surface area contributed by atoms with Crippen molar-refractivity contribution < 1.29 is 23.0 Å². The molecule has 0 saturated carbocycles. The van der Waals surface area contributed by atoms with Gasteiger partial charge in [0, 0.05) is 11.8 Å². The summed E-state index contributed by atoms with van der Waals surface area (Å²) in [7, 11) is 0. The largest absolute Gasteiger partial charge is 0.461 e. The summed E-state index contributed by atoms with van der Waals surface area (Å²) in [4.78, 5) is 15.3. The van der Waals surface area contributed by atoms with Crippen molar-refractivity contribution in [3.05, 3.63) is 52.6 Å². The number of alkyl halides is 2. The van der Waals surface area contributed by atoms with E-state index in [1.165, 1.54) is 19.1 Å². The molecule has 0 N–H and O–H groups in total. The van der Waals surface area contributed by atoms with Crippen molar-refractivity contribution in [1.82, 2.24) is 4.98 Å². The van der Waals surface area contributed by atoms with Crippen LogP contribution in [0.5, 0.6) is 11.6 Å². The van der Waals surface area contributed by atoms with Crippen LogP contribution in [0, 0.1) is 0 Å². The van der Waals surface area contributed by atoms with Gasteiger partial charge in [0.2, 0.25) is 5.88 Å². The van der Waals surface area contributed by atoms with Gasteiger partial charge in [-0.3, -0.25) is 0 Å². The lowest BCUT2D eigenvalue weighted by atomic mass is 10.1. The molecule has 0 radical (unpaired) electrons. The van der Waals surface area contributed by atoms with Gasteiger partial charge in [-0.1, -0.05) is 0 Å². The van der Waals surface area contributed by atoms with Crippen LogP contribution in [0.2, 0.25) is 0 Å². The van der Waals surface area contributed by atoms with Crippen molar-refractivity contribution >= 4 is 21.9 Å². The second-order valence-corrected chi connectivity index (χ2v) is 5.07. The quantitative estimate of drug-likeness (QED) is 0.735. The smallest absolute Gasteiger partial charge is 0.381 e. The highest BCUT2D eigenvalue weighted by Crippen LogP contribution is 2.32. The number of nitrogens with zero attached hydrogens (tertiary/aromatic N) is 1. The molecule has 0 saturated heterocycles. The fourth-order valence-electron chi connectivity index (χ4n) is 1.63. The van der Waals surface area contributed by atoms with Crippen molar-refractivity contribution in [2.24, 2.45) is 0 Å². The predicted molar refractivity (Wildman–Crippen MR) is 79.0 cm³/mol. The number of pyridine rings is 1. The zero-order valence-corrected chi connectivity index (χ0v) is 13.1. The molecule has 0 unspecified atom stereocenters. The number of carbonyl (C=O) groups excluding carboxylic acids is 1. The van der Waals surface area contributed by atoms with Crippen molar-refractivity contribution in [2.45, 2.75) is 12.8 Å². The van der Waals surface area contributed by atoms with E-state index in [1.807, 2.05) is 0 Å². The van der Waals surface area contributed by atoms with Gasteiger partial charge in [-0.05, 0) is 59.3 Å². The van der Waals surface area contributed by atoms with E-state index < -0.39 is 17.5 Å². The third kappa shape index (κ3) is 3.59. The first-order chi connectivity index (χ1) is 10.4. The first-order valence-corrected chi connectivity index (χ1v) is 7.18. The van der Waals surface area contributed by atoms with Crippen LogP contribution < -0.4 is 4.74 Å². The molecule has 0 spiro atoms. The number of rotatable bonds is 5. The number of esters is 1. The number of aromatic nitrogens is 1. The molecule has 0 bridgehead atoms. The minimum absolute atomic E-state index is 0.108. The van der Waals surface area contributed by atoms with Gasteiger partial charge in [-0.25, -0.2) is 9.78 Å². The van der Waals surface area contributed by atoms with Gasteiger partial charge in [-0.15, -0.1) is 0 Å². The maximum atomic E-state index is 13.8. The monoisotopic (exact) mass is 371 g/mol. The van der Waals surface area contributed by atoms with Crippen molar-refractivity contribution in [1.29, 1.82) is 0 Å². The fourth-order valence-corrected chi connectivity index (χ4v) is 1.97. The third-order valence-electron chi connectivity index (χ3n) is 2.69. The number of ether oxygens (including phenoxy) is 2. The van der Waals surface area contributed by atoms with Crippen LogP contribution in [0.1, 0.15) is 12.5 Å². The van der Waals surface area contributed by atoms with Gasteiger partial charge in [0.25, 0.3) is 0 Å². The summed E-state index contributed by atoms with van der Waals surface area (Å²) >= 11 is 3.27. The van der Waals surface area contributed by atoms with Crippen molar-refractivity contribution in [3.8, 4) is 11.6 Å². The average Bonchev–Trinajstić information content (AvgIpc) is 2.50. The zero-order valence-electron chi connectivity index (χ0n) is 11.6. The van der Waals surface area contributed by atoms with Crippen LogP contribution in [-0.2, 0) is 15.5 Å². The molecule has 4 nitrogen and oxygen atoms in total. The van der Waals surface area contributed by atoms with E-state index in [4.69, 9.17) is 4.74 Å². The van der Waals surface area contributed by atoms with E-state index in [0.29, 0.717) is 16.1 Å². The maximum absolute atomic E-state index is 13.8. The lowest BCUT2D eigenvalue weighted by Crippen LogP contribution is -2.28. The molecule has 1 heterocycles. The highest BCUT2D eigenvalue weighted by molar-refractivity contribution is 9.10. The van der Waals surface area contributed by atoms with E-state index in [2.05, 4.69) is 25.7 Å². The van der Waals surface area contributed by atoms with Crippen LogP contribution in [0.4, 0.5) is 8.78 Å². The summed E-state index contributed by atoms with van der Waals surface area (Å²) in [6.07, 6.45) is 1.55. The number of benzene rings is 1. The SMILES string of the molecule is CCOC(=O)C(F)(F)c1ccc(Oc2ncccc2Br)cc1. The molecule has 1 aromatic carbocycles. The minimum atomic E-state index is -3.69. The van der Waals surface area contributed by atoms with Gasteiger partial charge in [-0.2, -0.15) is 8.78 Å². The fraction of sp³-hybridized carbons (Fsp3) is 0.200. The standard InChI is InChI=1S/C15H12BrF2NO3/c1-2-21-14(20)15(17,18)10-5-7-11(8-6-10)22-13-12(16)4-3-9-19-13/h3-9H,2H2,1H3. The molecule has 7 heteroatoms. The second-order valence-electron chi connectivity index (χ2n) is 4.21. The normalized spacial score (nSPS) is 11.1. The summed E-state index contributed by atoms with van der Waals surface area (Å²) in [6, 6.07) is 8.37. The molecule has 2 aromatic rings. The second kappa shape index (κ2) is 6.83. The van der Waals surface area contributed by atoms with Crippen LogP contribution in [0.15, 0.2) is 47.1 Å². The summed E-state index contributed by atoms with van der Waals surface area (Å²) in [5.41, 5.74) is -0.460. The Morgan fingerprint density at radius 2 is 1.95 bits per heavy atom. The molecule has 0 fully saturated rings. The number of carbonyl (C=O) groups is 1. The molecule has 1 aromatic heterocycles. The van der Waals surface area contributed by atoms with Gasteiger partial charge < -0.3 is 9.47 Å². The van der Waals surface area contributed by atoms with Crippen LogP contribution in [-0.4, -0.2) is 17.6 Å². The Balaban J connectivity index is 2.17. The minimum Gasteiger partial charge on any atom is -0.461 e. The first-order valence-electron chi connectivity index (χ1n) is 6.39. The molecule has 0 atom stereocenters. The third-order valence-corrected chi connectivity index (χ3v) is 3.29. The van der Waals surface area contributed by atoms with Crippen molar-refractivity contribution in [3.63, 3.8) is 0 Å². The molecule has 0 aliphatic carbocycles. The first kappa shape index (κ1) is 16.4. The Labute approximate surface area is 134 Å². The van der Waals surface area contributed by atoms with E-state index in [1.54, 1.807) is 18.3 Å². The van der Waals surface area contributed by atoms with Gasteiger partial charge >= 0.3 is 11.9 Å². The molecule has 116 valence electrons. The van der Waals surface area contributed by atoms with E-state index in [9.17, 15) is 13.6 Å². The van der Waals surface area contributed by atoms with E-state index in [-0.39, 0.29) is 6.61 Å². The molecular weight excluding hydrogens is 360 g/mol. The highest BCUT2D eigenvalue weighted by Gasteiger charge is 2.42. The lowest BCUT2D eigenvalue weighted by molar-refractivity contribution is -0.173. The van der Waals surface area contributed by atoms with Gasteiger partial charge in [0.15, 0.2) is 0 Å². The number of hydrogen-bond acceptors (Lipinski definition) is 4. The van der Waals surface area contributed by atoms with Crippen LogP contribution >= 0.6 is 15.9 Å². The van der Waals surface area contributed by atoms with Crippen molar-refractivity contribution in [2.75, 3.05) is 6.61 Å². The van der Waals surface area contributed by atoms with Gasteiger partial charge in [0.1, 0.15) is 5.75 Å². The van der Waals surface area contributed by atoms with E-state index >= 15 is 0 Å². The highest BCUT2D eigenvalue weighted by atomic mass is 79.9. The Morgan fingerprint density at radius 3 is 2.55 bits per heavy atom. The number of halogens is 3. The van der Waals surface area contributed by atoms with E-state index in [0.717, 1.165) is 12.1 Å². The Bertz CT molecular complexity index is 662. The average molecular weight is 372 g/mol. The molecule has 2 rings (SSSR count). The van der Waals surface area contributed by atoms with Crippen LogP contribution in [0.25, 0.3) is 0 Å². The Kier molecular flexibility index (Phi) is 5.07. The van der Waals surface area contributed by atoms with Crippen LogP contribution in [0.3, 0.4) is 0 Å². The molecule has 22 heavy (non-hydrogen) atoms. The summed E-state index contributed by atoms with van der Waals surface area (Å²) in [5.74, 6) is -4.63. The predicted octanol–water partition coefficient (Wildman–Crippen LogP) is 4.29. The summed E-state index contributed by atoms with van der Waals surface area (Å²) < 4.78 is 38.1. The maximum Gasteiger partial charge on any atom is 0.381 e. The summed E-state index contributed by atoms with van der Waals surface area (Å²) in [6.45, 7) is 1.36. The Morgan fingerprint density at radius 1 is 1.27 bits per heavy atom.